The number of halogens is 1. The maximum absolute atomic E-state index is 14.1. The summed E-state index contributed by atoms with van der Waals surface area (Å²) >= 11 is 6.09. The van der Waals surface area contributed by atoms with Crippen LogP contribution in [0.25, 0.3) is 0 Å². The molecule has 0 fully saturated rings. The first-order valence-corrected chi connectivity index (χ1v) is 15.2. The van der Waals surface area contributed by atoms with Gasteiger partial charge in [-0.1, -0.05) is 67.1 Å². The Kier molecular flexibility index (Phi) is 11.0. The zero-order valence-electron chi connectivity index (χ0n) is 23.2. The Balaban J connectivity index is 2.06. The fourth-order valence-corrected chi connectivity index (χ4v) is 5.13. The molecule has 2 amide bonds. The van der Waals surface area contributed by atoms with Gasteiger partial charge in [-0.2, -0.15) is 0 Å². The van der Waals surface area contributed by atoms with Crippen LogP contribution in [0.5, 0.6) is 5.75 Å². The Labute approximate surface area is 241 Å². The molecule has 0 saturated heterocycles. The number of nitrogens with zero attached hydrogens (tertiary/aromatic N) is 2. The average molecular weight is 586 g/mol. The van der Waals surface area contributed by atoms with Gasteiger partial charge in [-0.15, -0.1) is 0 Å². The molecule has 0 aliphatic carbocycles. The summed E-state index contributed by atoms with van der Waals surface area (Å²) in [7, 11) is -2.39. The fraction of sp³-hybridized carbons (Fsp3) is 0.333. The number of benzene rings is 3. The van der Waals surface area contributed by atoms with Crippen LogP contribution >= 0.6 is 11.6 Å². The number of hydrogen-bond acceptors (Lipinski definition) is 5. The van der Waals surface area contributed by atoms with Gasteiger partial charge in [0.2, 0.25) is 21.8 Å². The average Bonchev–Trinajstić information content (AvgIpc) is 2.94. The number of methoxy groups -OCH3 is 1. The van der Waals surface area contributed by atoms with Crippen molar-refractivity contribution >= 4 is 39.1 Å². The second kappa shape index (κ2) is 14.2. The predicted octanol–water partition coefficient (Wildman–Crippen LogP) is 4.67. The standard InChI is InChI=1S/C30H36ClN3O5S/c1-5-22(2)32-30(36)28(18-23-10-7-6-8-11-23)33(20-24-14-16-25(31)17-15-24)29(35)21-34(40(4,37)38)26-12-9-13-27(19-26)39-3/h6-17,19,22,28H,5,18,20-21H2,1-4H3,(H,32,36). The van der Waals surface area contributed by atoms with Gasteiger partial charge < -0.3 is 15.0 Å². The molecule has 3 aromatic carbocycles. The first kappa shape index (κ1) is 31.0. The molecule has 2 unspecified atom stereocenters. The van der Waals surface area contributed by atoms with Crippen molar-refractivity contribution in [3.05, 3.63) is 95.0 Å². The minimum atomic E-state index is -3.87. The van der Waals surface area contributed by atoms with Crippen LogP contribution < -0.4 is 14.4 Å². The molecule has 0 aliphatic heterocycles. The lowest BCUT2D eigenvalue weighted by Crippen LogP contribution is -2.54. The molecule has 3 rings (SSSR count). The highest BCUT2D eigenvalue weighted by Gasteiger charge is 2.33. The molecule has 0 aliphatic rings. The Morgan fingerprint density at radius 2 is 1.65 bits per heavy atom. The van der Waals surface area contributed by atoms with Crippen LogP contribution in [0.1, 0.15) is 31.4 Å². The third-order valence-electron chi connectivity index (χ3n) is 6.56. The molecule has 0 spiro atoms. The number of amides is 2. The number of carbonyl (C=O) groups excluding carboxylic acids is 2. The topological polar surface area (TPSA) is 96.0 Å². The van der Waals surface area contributed by atoms with Crippen LogP contribution in [0.3, 0.4) is 0 Å². The van der Waals surface area contributed by atoms with E-state index < -0.39 is 28.5 Å². The minimum Gasteiger partial charge on any atom is -0.497 e. The van der Waals surface area contributed by atoms with Crippen molar-refractivity contribution in [2.45, 2.75) is 45.3 Å². The molecule has 1 N–H and O–H groups in total. The largest absolute Gasteiger partial charge is 0.497 e. The fourth-order valence-electron chi connectivity index (χ4n) is 4.16. The third kappa shape index (κ3) is 8.72. The van der Waals surface area contributed by atoms with Crippen LogP contribution in [0, 0.1) is 0 Å². The van der Waals surface area contributed by atoms with E-state index >= 15 is 0 Å². The first-order valence-electron chi connectivity index (χ1n) is 13.0. The molecule has 0 bridgehead atoms. The molecule has 0 radical (unpaired) electrons. The van der Waals surface area contributed by atoms with Gasteiger partial charge in [-0.05, 0) is 48.7 Å². The van der Waals surface area contributed by atoms with Gasteiger partial charge in [-0.3, -0.25) is 13.9 Å². The lowest BCUT2D eigenvalue weighted by molar-refractivity contribution is -0.140. The summed E-state index contributed by atoms with van der Waals surface area (Å²) in [5.41, 5.74) is 1.90. The number of ether oxygens (including phenoxy) is 1. The van der Waals surface area contributed by atoms with Gasteiger partial charge >= 0.3 is 0 Å². The number of hydrogen-bond donors (Lipinski definition) is 1. The van der Waals surface area contributed by atoms with E-state index in [1.807, 2.05) is 44.2 Å². The smallest absolute Gasteiger partial charge is 0.244 e. The summed E-state index contributed by atoms with van der Waals surface area (Å²) in [6.45, 7) is 3.45. The molecular weight excluding hydrogens is 550 g/mol. The monoisotopic (exact) mass is 585 g/mol. The Morgan fingerprint density at radius 1 is 0.975 bits per heavy atom. The van der Waals surface area contributed by atoms with Crippen LogP contribution in [-0.2, 0) is 32.6 Å². The summed E-state index contributed by atoms with van der Waals surface area (Å²) in [6, 6.07) is 21.9. The highest BCUT2D eigenvalue weighted by Crippen LogP contribution is 2.24. The summed E-state index contributed by atoms with van der Waals surface area (Å²) in [5, 5.41) is 3.55. The van der Waals surface area contributed by atoms with Crippen molar-refractivity contribution in [1.29, 1.82) is 0 Å². The van der Waals surface area contributed by atoms with E-state index in [1.165, 1.54) is 12.0 Å². The molecule has 10 heteroatoms. The van der Waals surface area contributed by atoms with Crippen molar-refractivity contribution in [3.63, 3.8) is 0 Å². The van der Waals surface area contributed by atoms with E-state index in [0.29, 0.717) is 17.2 Å². The zero-order chi connectivity index (χ0) is 29.3. The van der Waals surface area contributed by atoms with Crippen molar-refractivity contribution in [2.24, 2.45) is 0 Å². The number of anilines is 1. The molecule has 0 saturated carbocycles. The first-order chi connectivity index (χ1) is 19.0. The van der Waals surface area contributed by atoms with E-state index in [1.54, 1.807) is 48.5 Å². The van der Waals surface area contributed by atoms with Crippen LogP contribution in [0.15, 0.2) is 78.9 Å². The summed E-state index contributed by atoms with van der Waals surface area (Å²) < 4.78 is 32.1. The Hall–Kier alpha value is -3.56. The third-order valence-corrected chi connectivity index (χ3v) is 7.95. The molecule has 0 aromatic heterocycles. The molecule has 0 heterocycles. The second-order valence-corrected chi connectivity index (χ2v) is 12.0. The van der Waals surface area contributed by atoms with Gasteiger partial charge in [0.1, 0.15) is 18.3 Å². The van der Waals surface area contributed by atoms with E-state index in [0.717, 1.165) is 21.7 Å². The minimum absolute atomic E-state index is 0.0805. The van der Waals surface area contributed by atoms with Crippen LogP contribution in [0.4, 0.5) is 5.69 Å². The quantitative estimate of drug-likeness (QED) is 0.314. The number of rotatable bonds is 13. The molecule has 40 heavy (non-hydrogen) atoms. The van der Waals surface area contributed by atoms with Gasteiger partial charge in [-0.25, -0.2) is 8.42 Å². The second-order valence-electron chi connectivity index (χ2n) is 9.64. The molecule has 3 aromatic rings. The highest BCUT2D eigenvalue weighted by molar-refractivity contribution is 7.92. The highest BCUT2D eigenvalue weighted by atomic mass is 35.5. The SMILES string of the molecule is CCC(C)NC(=O)C(Cc1ccccc1)N(Cc1ccc(Cl)cc1)C(=O)CN(c1cccc(OC)c1)S(C)(=O)=O. The van der Waals surface area contributed by atoms with Gasteiger partial charge in [0.05, 0.1) is 19.1 Å². The van der Waals surface area contributed by atoms with E-state index in [4.69, 9.17) is 16.3 Å². The predicted molar refractivity (Wildman–Crippen MR) is 159 cm³/mol. The van der Waals surface area contributed by atoms with Crippen LogP contribution in [-0.4, -0.2) is 57.1 Å². The van der Waals surface area contributed by atoms with Crippen molar-refractivity contribution in [2.75, 3.05) is 24.2 Å². The van der Waals surface area contributed by atoms with E-state index in [-0.39, 0.29) is 30.6 Å². The summed E-state index contributed by atoms with van der Waals surface area (Å²) in [6.07, 6.45) is 2.01. The van der Waals surface area contributed by atoms with E-state index in [9.17, 15) is 18.0 Å². The summed E-state index contributed by atoms with van der Waals surface area (Å²) in [4.78, 5) is 29.2. The van der Waals surface area contributed by atoms with Crippen molar-refractivity contribution in [1.82, 2.24) is 10.2 Å². The molecule has 214 valence electrons. The lowest BCUT2D eigenvalue weighted by Gasteiger charge is -2.34. The van der Waals surface area contributed by atoms with Crippen molar-refractivity contribution < 1.29 is 22.7 Å². The number of nitrogens with one attached hydrogen (secondary N) is 1. The lowest BCUT2D eigenvalue weighted by atomic mass is 10.0. The van der Waals surface area contributed by atoms with Crippen molar-refractivity contribution in [3.8, 4) is 5.75 Å². The Morgan fingerprint density at radius 3 is 2.25 bits per heavy atom. The zero-order valence-corrected chi connectivity index (χ0v) is 24.8. The summed E-state index contributed by atoms with van der Waals surface area (Å²) in [5.74, 6) is -0.386. The van der Waals surface area contributed by atoms with Crippen LogP contribution in [0.2, 0.25) is 5.02 Å². The molecular formula is C30H36ClN3O5S. The van der Waals surface area contributed by atoms with E-state index in [2.05, 4.69) is 5.32 Å². The van der Waals surface area contributed by atoms with Gasteiger partial charge in [0.25, 0.3) is 0 Å². The molecule has 8 nitrogen and oxygen atoms in total. The number of carbonyl (C=O) groups is 2. The molecule has 2 atom stereocenters. The maximum atomic E-state index is 14.1. The van der Waals surface area contributed by atoms with Gasteiger partial charge in [0, 0.05) is 30.1 Å². The van der Waals surface area contributed by atoms with Gasteiger partial charge in [0.15, 0.2) is 0 Å². The number of sulfonamides is 1. The Bertz CT molecular complexity index is 1380. The normalized spacial score (nSPS) is 12.7. The maximum Gasteiger partial charge on any atom is 0.244 e.